The Morgan fingerprint density at radius 3 is 2.45 bits per heavy atom. The highest BCUT2D eigenvalue weighted by Gasteiger charge is 2.19. The van der Waals surface area contributed by atoms with Gasteiger partial charge in [-0.05, 0) is 17.0 Å². The Balaban J connectivity index is 1.73. The molecule has 0 bridgehead atoms. The molecule has 0 aliphatic rings. The van der Waals surface area contributed by atoms with Crippen molar-refractivity contribution in [1.82, 2.24) is 19.7 Å². The first kappa shape index (κ1) is 20.6. The molecule has 3 aromatic heterocycles. The summed E-state index contributed by atoms with van der Waals surface area (Å²) in [6.45, 7) is 6.44. The lowest BCUT2D eigenvalue weighted by Gasteiger charge is -2.19. The van der Waals surface area contributed by atoms with Crippen molar-refractivity contribution in [3.8, 4) is 11.3 Å². The van der Waals surface area contributed by atoms with E-state index in [2.05, 4.69) is 53.3 Å². The number of benzene rings is 1. The van der Waals surface area contributed by atoms with E-state index in [9.17, 15) is 14.9 Å². The van der Waals surface area contributed by atoms with Gasteiger partial charge >= 0.3 is 5.00 Å². The number of rotatable bonds is 4. The molecule has 31 heavy (non-hydrogen) atoms. The molecule has 158 valence electrons. The molecule has 0 aliphatic heterocycles. The third-order valence-electron chi connectivity index (χ3n) is 4.84. The van der Waals surface area contributed by atoms with E-state index >= 15 is 0 Å². The first-order chi connectivity index (χ1) is 14.6. The van der Waals surface area contributed by atoms with E-state index in [0.29, 0.717) is 11.3 Å². The van der Waals surface area contributed by atoms with Crippen molar-refractivity contribution >= 4 is 39.2 Å². The van der Waals surface area contributed by atoms with Crippen LogP contribution in [0.3, 0.4) is 0 Å². The highest BCUT2D eigenvalue weighted by atomic mass is 32.1. The number of hydrogen-bond acceptors (Lipinski definition) is 7. The van der Waals surface area contributed by atoms with Crippen molar-refractivity contribution in [2.45, 2.75) is 26.2 Å². The molecule has 9 nitrogen and oxygen atoms in total. The van der Waals surface area contributed by atoms with E-state index in [4.69, 9.17) is 0 Å². The number of anilines is 1. The second-order valence-electron chi connectivity index (χ2n) is 8.08. The SMILES string of the molecule is Cn1ncc2c(-c3ccc(C(C)(C)C)cc3)nc(NC(=O)c3ccc([N+](=O)[O-])s3)nc21. The minimum absolute atomic E-state index is 0.0241. The summed E-state index contributed by atoms with van der Waals surface area (Å²) in [4.78, 5) is 32.1. The fraction of sp³-hybridized carbons (Fsp3) is 0.238. The van der Waals surface area contributed by atoms with Crippen molar-refractivity contribution in [3.05, 3.63) is 63.1 Å². The molecule has 0 saturated heterocycles. The second kappa shape index (κ2) is 7.55. The summed E-state index contributed by atoms with van der Waals surface area (Å²) in [5.74, 6) is -0.402. The molecule has 1 N–H and O–H groups in total. The number of carbonyl (C=O) groups excluding carboxylic acids is 1. The largest absolute Gasteiger partial charge is 0.324 e. The molecule has 0 aliphatic carbocycles. The fourth-order valence-electron chi connectivity index (χ4n) is 3.14. The summed E-state index contributed by atoms with van der Waals surface area (Å²) < 4.78 is 1.61. The van der Waals surface area contributed by atoms with Gasteiger partial charge in [0.25, 0.3) is 5.91 Å². The van der Waals surface area contributed by atoms with Crippen molar-refractivity contribution in [3.63, 3.8) is 0 Å². The lowest BCUT2D eigenvalue weighted by atomic mass is 9.86. The summed E-state index contributed by atoms with van der Waals surface area (Å²) in [6, 6.07) is 10.8. The molecule has 10 heteroatoms. The lowest BCUT2D eigenvalue weighted by Crippen LogP contribution is -2.13. The van der Waals surface area contributed by atoms with Gasteiger partial charge in [-0.25, -0.2) is 4.98 Å². The van der Waals surface area contributed by atoms with E-state index in [1.165, 1.54) is 17.7 Å². The van der Waals surface area contributed by atoms with Gasteiger partial charge in [-0.1, -0.05) is 56.4 Å². The minimum Gasteiger partial charge on any atom is -0.290 e. The third kappa shape index (κ3) is 4.02. The minimum atomic E-state index is -0.529. The maximum absolute atomic E-state index is 12.6. The molecule has 4 aromatic rings. The number of nitrogens with one attached hydrogen (secondary N) is 1. The maximum Gasteiger partial charge on any atom is 0.324 e. The molecule has 0 saturated carbocycles. The Morgan fingerprint density at radius 1 is 1.13 bits per heavy atom. The molecule has 3 heterocycles. The Kier molecular flexibility index (Phi) is 5.02. The predicted octanol–water partition coefficient (Wildman–Crippen LogP) is 4.55. The number of amides is 1. The van der Waals surface area contributed by atoms with Crippen LogP contribution < -0.4 is 5.32 Å². The number of aromatic nitrogens is 4. The number of nitrogens with zero attached hydrogens (tertiary/aromatic N) is 5. The van der Waals surface area contributed by atoms with Gasteiger partial charge in [0.1, 0.15) is 0 Å². The molecule has 0 atom stereocenters. The van der Waals surface area contributed by atoms with Crippen molar-refractivity contribution < 1.29 is 9.72 Å². The van der Waals surface area contributed by atoms with Crippen LogP contribution in [0.4, 0.5) is 10.9 Å². The van der Waals surface area contributed by atoms with Crippen LogP contribution in [0.2, 0.25) is 0 Å². The summed E-state index contributed by atoms with van der Waals surface area (Å²) in [5.41, 5.74) is 3.30. The summed E-state index contributed by atoms with van der Waals surface area (Å²) in [5, 5.41) is 18.5. The quantitative estimate of drug-likeness (QED) is 0.371. The topological polar surface area (TPSA) is 116 Å². The van der Waals surface area contributed by atoms with Crippen LogP contribution in [-0.2, 0) is 12.5 Å². The average Bonchev–Trinajstić information content (AvgIpc) is 3.35. The van der Waals surface area contributed by atoms with Gasteiger partial charge in [0.2, 0.25) is 5.95 Å². The van der Waals surface area contributed by atoms with Crippen molar-refractivity contribution in [2.24, 2.45) is 7.05 Å². The number of aryl methyl sites for hydroxylation is 1. The molecule has 0 unspecified atom stereocenters. The molecule has 4 rings (SSSR count). The van der Waals surface area contributed by atoms with Gasteiger partial charge in [-0.3, -0.25) is 24.9 Å². The van der Waals surface area contributed by atoms with E-state index in [-0.39, 0.29) is 21.2 Å². The van der Waals surface area contributed by atoms with Crippen molar-refractivity contribution in [1.29, 1.82) is 0 Å². The van der Waals surface area contributed by atoms with Crippen LogP contribution in [0.5, 0.6) is 0 Å². The second-order valence-corrected chi connectivity index (χ2v) is 9.14. The Labute approximate surface area is 181 Å². The Hall–Kier alpha value is -3.66. The van der Waals surface area contributed by atoms with Crippen LogP contribution in [0.15, 0.2) is 42.6 Å². The number of thiophene rings is 1. The van der Waals surface area contributed by atoms with Gasteiger partial charge in [0, 0.05) is 18.7 Å². The van der Waals surface area contributed by atoms with E-state index in [1.807, 2.05) is 12.1 Å². The van der Waals surface area contributed by atoms with E-state index < -0.39 is 10.8 Å². The van der Waals surface area contributed by atoms with Crippen LogP contribution in [0, 0.1) is 10.1 Å². The zero-order valence-electron chi connectivity index (χ0n) is 17.4. The van der Waals surface area contributed by atoms with Crippen LogP contribution in [0.1, 0.15) is 36.0 Å². The standard InChI is InChI=1S/C21H20N6O3S/c1-21(2,3)13-7-5-12(6-8-13)17-14-11-22-26(4)18(14)24-20(23-17)25-19(28)15-9-10-16(31-15)27(29)30/h5-11H,1-4H3,(H,23,24,25,28). The zero-order valence-corrected chi connectivity index (χ0v) is 18.2. The smallest absolute Gasteiger partial charge is 0.290 e. The zero-order chi connectivity index (χ0) is 22.3. The lowest BCUT2D eigenvalue weighted by molar-refractivity contribution is -0.380. The molecule has 0 fully saturated rings. The van der Waals surface area contributed by atoms with Crippen molar-refractivity contribution in [2.75, 3.05) is 5.32 Å². The van der Waals surface area contributed by atoms with Gasteiger partial charge < -0.3 is 0 Å². The number of fused-ring (bicyclic) bond motifs is 1. The molecular weight excluding hydrogens is 416 g/mol. The van der Waals surface area contributed by atoms with E-state index in [0.717, 1.165) is 22.3 Å². The van der Waals surface area contributed by atoms with Gasteiger partial charge in [-0.2, -0.15) is 10.1 Å². The number of carbonyl (C=O) groups is 1. The fourth-order valence-corrected chi connectivity index (χ4v) is 3.85. The number of hydrogen-bond donors (Lipinski definition) is 1. The Morgan fingerprint density at radius 2 is 1.84 bits per heavy atom. The first-order valence-electron chi connectivity index (χ1n) is 9.50. The molecular formula is C21H20N6O3S. The average molecular weight is 436 g/mol. The normalized spacial score (nSPS) is 11.6. The number of nitro groups is 1. The predicted molar refractivity (Wildman–Crippen MR) is 119 cm³/mol. The first-order valence-corrected chi connectivity index (χ1v) is 10.3. The van der Waals surface area contributed by atoms with Gasteiger partial charge in [0.15, 0.2) is 5.65 Å². The Bertz CT molecular complexity index is 1300. The molecule has 0 spiro atoms. The molecule has 1 aromatic carbocycles. The maximum atomic E-state index is 12.6. The van der Waals surface area contributed by atoms with Crippen LogP contribution in [0.25, 0.3) is 22.3 Å². The van der Waals surface area contributed by atoms with E-state index in [1.54, 1.807) is 17.9 Å². The molecule has 0 radical (unpaired) electrons. The third-order valence-corrected chi connectivity index (χ3v) is 5.87. The monoisotopic (exact) mass is 436 g/mol. The highest BCUT2D eigenvalue weighted by molar-refractivity contribution is 7.17. The molecule has 1 amide bonds. The highest BCUT2D eigenvalue weighted by Crippen LogP contribution is 2.30. The van der Waals surface area contributed by atoms with Gasteiger partial charge in [-0.15, -0.1) is 0 Å². The van der Waals surface area contributed by atoms with Crippen LogP contribution >= 0.6 is 11.3 Å². The van der Waals surface area contributed by atoms with Gasteiger partial charge in [0.05, 0.1) is 27.1 Å². The van der Waals surface area contributed by atoms with Crippen LogP contribution in [-0.4, -0.2) is 30.6 Å². The summed E-state index contributed by atoms with van der Waals surface area (Å²) in [7, 11) is 1.76. The summed E-state index contributed by atoms with van der Waals surface area (Å²) in [6.07, 6.45) is 1.69. The summed E-state index contributed by atoms with van der Waals surface area (Å²) >= 11 is 0.797.